The highest BCUT2D eigenvalue weighted by Gasteiger charge is 2.19. The quantitative estimate of drug-likeness (QED) is 0.450. The topological polar surface area (TPSA) is 73.3 Å². The second-order valence-electron chi connectivity index (χ2n) is 6.37. The summed E-state index contributed by atoms with van der Waals surface area (Å²) in [4.78, 5) is 21.9. The predicted octanol–water partition coefficient (Wildman–Crippen LogP) is 5.11. The summed E-state index contributed by atoms with van der Waals surface area (Å²) in [5.74, 6) is 1.07. The lowest BCUT2D eigenvalue weighted by atomic mass is 10.2. The number of fused-ring (bicyclic) bond motifs is 1. The van der Waals surface area contributed by atoms with Crippen LogP contribution in [0, 0.1) is 6.92 Å². The van der Waals surface area contributed by atoms with Crippen molar-refractivity contribution in [3.63, 3.8) is 0 Å². The molecule has 29 heavy (non-hydrogen) atoms. The van der Waals surface area contributed by atoms with Crippen molar-refractivity contribution in [1.82, 2.24) is 9.97 Å². The van der Waals surface area contributed by atoms with E-state index in [1.165, 1.54) is 24.8 Å². The molecule has 0 unspecified atom stereocenters. The molecule has 4 aromatic rings. The monoisotopic (exact) mass is 405 g/mol. The van der Waals surface area contributed by atoms with Crippen LogP contribution in [0.4, 0.5) is 11.5 Å². The molecule has 0 saturated heterocycles. The lowest BCUT2D eigenvalue weighted by Crippen LogP contribution is -2.00. The molecule has 0 bridgehead atoms. The van der Waals surface area contributed by atoms with Crippen LogP contribution in [-0.2, 0) is 11.3 Å². The van der Waals surface area contributed by atoms with Crippen LogP contribution < -0.4 is 10.1 Å². The number of hydrogen-bond donors (Lipinski definition) is 1. The van der Waals surface area contributed by atoms with Gasteiger partial charge in [0, 0.05) is 5.69 Å². The maximum atomic E-state index is 12.0. The Morgan fingerprint density at radius 2 is 1.83 bits per heavy atom. The van der Waals surface area contributed by atoms with Crippen LogP contribution in [0.5, 0.6) is 5.75 Å². The zero-order chi connectivity index (χ0) is 20.2. The van der Waals surface area contributed by atoms with Crippen molar-refractivity contribution < 1.29 is 14.3 Å². The summed E-state index contributed by atoms with van der Waals surface area (Å²) in [6.07, 6.45) is 1.49. The van der Waals surface area contributed by atoms with E-state index in [0.717, 1.165) is 32.8 Å². The Hall–Kier alpha value is -3.45. The number of methoxy groups -OCH3 is 1. The van der Waals surface area contributed by atoms with Crippen LogP contribution in [0.2, 0.25) is 0 Å². The number of anilines is 2. The fourth-order valence-electron chi connectivity index (χ4n) is 2.97. The summed E-state index contributed by atoms with van der Waals surface area (Å²) in [5, 5.41) is 4.13. The average molecular weight is 405 g/mol. The number of aryl methyl sites for hydroxylation is 1. The summed E-state index contributed by atoms with van der Waals surface area (Å²) in [7, 11) is 1.37. The average Bonchev–Trinajstić information content (AvgIpc) is 3.11. The van der Waals surface area contributed by atoms with E-state index in [1.54, 1.807) is 0 Å². The van der Waals surface area contributed by atoms with Crippen LogP contribution in [0.15, 0.2) is 60.9 Å². The van der Waals surface area contributed by atoms with E-state index in [-0.39, 0.29) is 5.97 Å². The Kier molecular flexibility index (Phi) is 5.39. The molecule has 0 saturated carbocycles. The molecule has 0 atom stereocenters. The fraction of sp³-hybridized carbons (Fsp3) is 0.136. The number of thiophene rings is 1. The molecular weight excluding hydrogens is 386 g/mol. The van der Waals surface area contributed by atoms with Gasteiger partial charge in [-0.3, -0.25) is 0 Å². The van der Waals surface area contributed by atoms with Gasteiger partial charge in [-0.2, -0.15) is 0 Å². The lowest BCUT2D eigenvalue weighted by Gasteiger charge is -2.10. The van der Waals surface area contributed by atoms with Crippen molar-refractivity contribution in [2.24, 2.45) is 0 Å². The van der Waals surface area contributed by atoms with Gasteiger partial charge in [-0.25, -0.2) is 14.8 Å². The van der Waals surface area contributed by atoms with Gasteiger partial charge in [0.25, 0.3) is 0 Å². The SMILES string of the molecule is COC(=O)c1sc2ncnc(Nc3ccc(OCc4ccccc4)cc3)c2c1C. The van der Waals surface area contributed by atoms with Gasteiger partial charge < -0.3 is 14.8 Å². The number of rotatable bonds is 6. The Morgan fingerprint density at radius 3 is 2.55 bits per heavy atom. The molecule has 2 aromatic heterocycles. The van der Waals surface area contributed by atoms with Crippen LogP contribution in [-0.4, -0.2) is 23.0 Å². The highest BCUT2D eigenvalue weighted by Crippen LogP contribution is 2.34. The number of hydrogen-bond acceptors (Lipinski definition) is 7. The number of esters is 1. The minimum atomic E-state index is -0.364. The molecule has 6 nitrogen and oxygen atoms in total. The van der Waals surface area contributed by atoms with Crippen molar-refractivity contribution >= 4 is 39.0 Å². The summed E-state index contributed by atoms with van der Waals surface area (Å²) in [6, 6.07) is 17.7. The van der Waals surface area contributed by atoms with E-state index in [2.05, 4.69) is 15.3 Å². The molecule has 4 rings (SSSR count). The normalized spacial score (nSPS) is 10.7. The predicted molar refractivity (Wildman–Crippen MR) is 114 cm³/mol. The molecule has 0 radical (unpaired) electrons. The molecule has 0 spiro atoms. The van der Waals surface area contributed by atoms with Crippen LogP contribution in [0.25, 0.3) is 10.2 Å². The van der Waals surface area contributed by atoms with E-state index in [4.69, 9.17) is 9.47 Å². The molecule has 0 fully saturated rings. The minimum Gasteiger partial charge on any atom is -0.489 e. The Labute approximate surface area is 172 Å². The van der Waals surface area contributed by atoms with Gasteiger partial charge in [-0.1, -0.05) is 30.3 Å². The summed E-state index contributed by atoms with van der Waals surface area (Å²) < 4.78 is 10.7. The van der Waals surface area contributed by atoms with Gasteiger partial charge in [-0.15, -0.1) is 11.3 Å². The van der Waals surface area contributed by atoms with Crippen molar-refractivity contribution in [2.45, 2.75) is 13.5 Å². The summed E-state index contributed by atoms with van der Waals surface area (Å²) in [5.41, 5.74) is 2.79. The summed E-state index contributed by atoms with van der Waals surface area (Å²) in [6.45, 7) is 2.39. The van der Waals surface area contributed by atoms with E-state index < -0.39 is 0 Å². The number of ether oxygens (including phenoxy) is 2. The van der Waals surface area contributed by atoms with Gasteiger partial charge in [-0.05, 0) is 42.3 Å². The fourth-order valence-corrected chi connectivity index (χ4v) is 4.03. The first-order valence-corrected chi connectivity index (χ1v) is 9.83. The molecule has 2 heterocycles. The zero-order valence-electron chi connectivity index (χ0n) is 16.0. The maximum Gasteiger partial charge on any atom is 0.348 e. The standard InChI is InChI=1S/C22H19N3O3S/c1-14-18-20(23-13-24-21(18)29-19(14)22(26)27-2)25-16-8-10-17(11-9-16)28-12-15-6-4-3-5-7-15/h3-11,13H,12H2,1-2H3,(H,23,24,25). The second-order valence-corrected chi connectivity index (χ2v) is 7.37. The number of carbonyl (C=O) groups is 1. The van der Waals surface area contributed by atoms with Gasteiger partial charge in [0.2, 0.25) is 0 Å². The van der Waals surface area contributed by atoms with Crippen LogP contribution in [0.1, 0.15) is 20.8 Å². The largest absolute Gasteiger partial charge is 0.489 e. The van der Waals surface area contributed by atoms with Crippen LogP contribution in [0.3, 0.4) is 0 Å². The number of nitrogens with one attached hydrogen (secondary N) is 1. The van der Waals surface area contributed by atoms with Crippen molar-refractivity contribution in [3.8, 4) is 5.75 Å². The molecule has 7 heteroatoms. The Bertz CT molecular complexity index is 1140. The molecule has 146 valence electrons. The summed E-state index contributed by atoms with van der Waals surface area (Å²) >= 11 is 1.30. The van der Waals surface area contributed by atoms with E-state index in [0.29, 0.717) is 17.3 Å². The molecule has 0 amide bonds. The van der Waals surface area contributed by atoms with Gasteiger partial charge >= 0.3 is 5.97 Å². The number of benzene rings is 2. The smallest absolute Gasteiger partial charge is 0.348 e. The van der Waals surface area contributed by atoms with E-state index in [1.807, 2.05) is 61.5 Å². The first kappa shape index (κ1) is 18.9. The minimum absolute atomic E-state index is 0.364. The molecule has 0 aliphatic rings. The highest BCUT2D eigenvalue weighted by atomic mass is 32.1. The van der Waals surface area contributed by atoms with Gasteiger partial charge in [0.05, 0.1) is 12.5 Å². The third-order valence-corrected chi connectivity index (χ3v) is 5.64. The number of nitrogens with zero attached hydrogens (tertiary/aromatic N) is 2. The molecule has 2 aromatic carbocycles. The number of carbonyl (C=O) groups excluding carboxylic acids is 1. The van der Waals surface area contributed by atoms with Crippen LogP contribution >= 0.6 is 11.3 Å². The van der Waals surface area contributed by atoms with Gasteiger partial charge in [0.1, 0.15) is 34.2 Å². The highest BCUT2D eigenvalue weighted by molar-refractivity contribution is 7.20. The Balaban J connectivity index is 1.52. The third kappa shape index (κ3) is 4.05. The first-order valence-electron chi connectivity index (χ1n) is 9.02. The van der Waals surface area contributed by atoms with E-state index in [9.17, 15) is 4.79 Å². The van der Waals surface area contributed by atoms with Gasteiger partial charge in [0.15, 0.2) is 0 Å². The Morgan fingerprint density at radius 1 is 1.07 bits per heavy atom. The second kappa shape index (κ2) is 8.28. The lowest BCUT2D eigenvalue weighted by molar-refractivity contribution is 0.0605. The van der Waals surface area contributed by atoms with Crippen molar-refractivity contribution in [3.05, 3.63) is 76.9 Å². The van der Waals surface area contributed by atoms with Crippen molar-refractivity contribution in [1.29, 1.82) is 0 Å². The third-order valence-electron chi connectivity index (χ3n) is 4.46. The number of aromatic nitrogens is 2. The molecular formula is C22H19N3O3S. The molecule has 0 aliphatic heterocycles. The molecule has 0 aliphatic carbocycles. The molecule has 1 N–H and O–H groups in total. The zero-order valence-corrected chi connectivity index (χ0v) is 16.8. The van der Waals surface area contributed by atoms with E-state index >= 15 is 0 Å². The van der Waals surface area contributed by atoms with Crippen molar-refractivity contribution in [2.75, 3.05) is 12.4 Å². The first-order chi connectivity index (χ1) is 14.2. The maximum absolute atomic E-state index is 12.0.